The van der Waals surface area contributed by atoms with Crippen LogP contribution in [0.2, 0.25) is 0 Å². The first-order valence-corrected chi connectivity index (χ1v) is 5.66. The number of aliphatic hydroxyl groups is 1. The highest BCUT2D eigenvalue weighted by Crippen LogP contribution is 2.03. The summed E-state index contributed by atoms with van der Waals surface area (Å²) >= 11 is 2.16. The Bertz CT molecular complexity index is 263. The average molecular weight is 307 g/mol. The Labute approximate surface area is 97.3 Å². The van der Waals surface area contributed by atoms with E-state index in [4.69, 9.17) is 5.11 Å². The molecular weight excluding hydrogens is 293 g/mol. The van der Waals surface area contributed by atoms with Crippen LogP contribution in [0.5, 0.6) is 0 Å². The van der Waals surface area contributed by atoms with E-state index in [9.17, 15) is 0 Å². The molecule has 0 aliphatic carbocycles. The molecule has 0 amide bonds. The summed E-state index contributed by atoms with van der Waals surface area (Å²) in [6, 6.07) is 0. The van der Waals surface area contributed by atoms with Gasteiger partial charge >= 0.3 is 0 Å². The number of hydrogen-bond donors (Lipinski definition) is 2. The molecule has 1 heterocycles. The quantitative estimate of drug-likeness (QED) is 0.641. The molecule has 0 saturated heterocycles. The number of nitrogens with one attached hydrogen (secondary N) is 1. The molecule has 1 aromatic rings. The van der Waals surface area contributed by atoms with Crippen LogP contribution in [0.25, 0.3) is 0 Å². The van der Waals surface area contributed by atoms with Gasteiger partial charge in [0, 0.05) is 22.5 Å². The molecule has 78 valence electrons. The molecule has 0 spiro atoms. The van der Waals surface area contributed by atoms with E-state index in [2.05, 4.69) is 37.9 Å². The molecule has 1 aromatic heterocycles. The van der Waals surface area contributed by atoms with Crippen LogP contribution in [-0.4, -0.2) is 27.7 Å². The Morgan fingerprint density at radius 3 is 2.71 bits per heavy atom. The standard InChI is InChI=1S/C9H14IN3O/c1-7(14)3-2-4-11-9-12-5-8(10)6-13-9/h5-7,14H,2-4H2,1H3,(H,11,12,13). The van der Waals surface area contributed by atoms with Gasteiger partial charge in [0.25, 0.3) is 0 Å². The maximum absolute atomic E-state index is 9.03. The van der Waals surface area contributed by atoms with Crippen LogP contribution in [0.15, 0.2) is 12.4 Å². The molecule has 1 rings (SSSR count). The summed E-state index contributed by atoms with van der Waals surface area (Å²) in [4.78, 5) is 8.21. The summed E-state index contributed by atoms with van der Waals surface area (Å²) in [5.41, 5.74) is 0. The number of rotatable bonds is 5. The van der Waals surface area contributed by atoms with Gasteiger partial charge in [0.1, 0.15) is 0 Å². The van der Waals surface area contributed by atoms with Crippen molar-refractivity contribution in [3.05, 3.63) is 16.0 Å². The number of aliphatic hydroxyl groups excluding tert-OH is 1. The second kappa shape index (κ2) is 6.13. The van der Waals surface area contributed by atoms with Gasteiger partial charge in [0.05, 0.1) is 6.10 Å². The molecular formula is C9H14IN3O. The minimum absolute atomic E-state index is 0.227. The van der Waals surface area contributed by atoms with Crippen LogP contribution < -0.4 is 5.32 Å². The zero-order valence-corrected chi connectivity index (χ0v) is 10.2. The Morgan fingerprint density at radius 2 is 2.14 bits per heavy atom. The summed E-state index contributed by atoms with van der Waals surface area (Å²) in [5, 5.41) is 12.1. The SMILES string of the molecule is CC(O)CCCNc1ncc(I)cn1. The second-order valence-electron chi connectivity index (χ2n) is 3.14. The van der Waals surface area contributed by atoms with Crippen LogP contribution in [0.4, 0.5) is 5.95 Å². The molecule has 0 saturated carbocycles. The predicted octanol–water partition coefficient (Wildman–Crippen LogP) is 1.65. The molecule has 0 aliphatic heterocycles. The lowest BCUT2D eigenvalue weighted by Crippen LogP contribution is -2.08. The number of aromatic nitrogens is 2. The molecule has 4 nitrogen and oxygen atoms in total. The van der Waals surface area contributed by atoms with Crippen molar-refractivity contribution in [2.75, 3.05) is 11.9 Å². The lowest BCUT2D eigenvalue weighted by Gasteiger charge is -2.05. The van der Waals surface area contributed by atoms with E-state index >= 15 is 0 Å². The number of anilines is 1. The predicted molar refractivity (Wildman–Crippen MR) is 64.2 cm³/mol. The van der Waals surface area contributed by atoms with Crippen molar-refractivity contribution in [1.82, 2.24) is 9.97 Å². The molecule has 0 aromatic carbocycles. The normalized spacial score (nSPS) is 12.5. The maximum atomic E-state index is 9.03. The molecule has 0 fully saturated rings. The monoisotopic (exact) mass is 307 g/mol. The van der Waals surface area contributed by atoms with Gasteiger partial charge < -0.3 is 10.4 Å². The summed E-state index contributed by atoms with van der Waals surface area (Å²) in [7, 11) is 0. The number of nitrogens with zero attached hydrogens (tertiary/aromatic N) is 2. The first kappa shape index (κ1) is 11.6. The lowest BCUT2D eigenvalue weighted by atomic mass is 10.2. The van der Waals surface area contributed by atoms with Crippen LogP contribution >= 0.6 is 22.6 Å². The van der Waals surface area contributed by atoms with E-state index in [-0.39, 0.29) is 6.10 Å². The summed E-state index contributed by atoms with van der Waals surface area (Å²) in [6.07, 6.45) is 5.04. The fraction of sp³-hybridized carbons (Fsp3) is 0.556. The molecule has 0 bridgehead atoms. The molecule has 5 heteroatoms. The van der Waals surface area contributed by atoms with Crippen molar-refractivity contribution in [3.63, 3.8) is 0 Å². The summed E-state index contributed by atoms with van der Waals surface area (Å²) < 4.78 is 1.03. The fourth-order valence-corrected chi connectivity index (χ4v) is 1.28. The van der Waals surface area contributed by atoms with Gasteiger partial charge in [0.15, 0.2) is 0 Å². The van der Waals surface area contributed by atoms with Gasteiger partial charge in [-0.15, -0.1) is 0 Å². The average Bonchev–Trinajstić information content (AvgIpc) is 2.15. The molecule has 1 unspecified atom stereocenters. The zero-order chi connectivity index (χ0) is 10.4. The van der Waals surface area contributed by atoms with Gasteiger partial charge in [-0.1, -0.05) is 0 Å². The third kappa shape index (κ3) is 4.71. The van der Waals surface area contributed by atoms with Crippen molar-refractivity contribution in [3.8, 4) is 0 Å². The van der Waals surface area contributed by atoms with Crippen molar-refractivity contribution in [2.45, 2.75) is 25.9 Å². The van der Waals surface area contributed by atoms with Gasteiger partial charge in [0.2, 0.25) is 5.95 Å². The number of halogens is 1. The minimum Gasteiger partial charge on any atom is -0.393 e. The molecule has 1 atom stereocenters. The highest BCUT2D eigenvalue weighted by Gasteiger charge is 1.97. The highest BCUT2D eigenvalue weighted by molar-refractivity contribution is 14.1. The Hall–Kier alpha value is -0.430. The largest absolute Gasteiger partial charge is 0.393 e. The van der Waals surface area contributed by atoms with E-state index in [1.54, 1.807) is 19.3 Å². The third-order valence-corrected chi connectivity index (χ3v) is 2.26. The van der Waals surface area contributed by atoms with E-state index in [1.807, 2.05) is 0 Å². The topological polar surface area (TPSA) is 58.0 Å². The van der Waals surface area contributed by atoms with E-state index in [1.165, 1.54) is 0 Å². The van der Waals surface area contributed by atoms with Gasteiger partial charge in [-0.25, -0.2) is 9.97 Å². The van der Waals surface area contributed by atoms with Gasteiger partial charge in [-0.05, 0) is 42.4 Å². The van der Waals surface area contributed by atoms with Crippen molar-refractivity contribution in [1.29, 1.82) is 0 Å². The Kier molecular flexibility index (Phi) is 5.10. The lowest BCUT2D eigenvalue weighted by molar-refractivity contribution is 0.183. The minimum atomic E-state index is -0.227. The molecule has 0 radical (unpaired) electrons. The molecule has 2 N–H and O–H groups in total. The first-order valence-electron chi connectivity index (χ1n) is 4.58. The Balaban J connectivity index is 2.21. The van der Waals surface area contributed by atoms with Crippen molar-refractivity contribution in [2.24, 2.45) is 0 Å². The van der Waals surface area contributed by atoms with Gasteiger partial charge in [-0.3, -0.25) is 0 Å². The number of hydrogen-bond acceptors (Lipinski definition) is 4. The van der Waals surface area contributed by atoms with Crippen LogP contribution in [0.1, 0.15) is 19.8 Å². The second-order valence-corrected chi connectivity index (χ2v) is 4.39. The Morgan fingerprint density at radius 1 is 1.50 bits per heavy atom. The first-order chi connectivity index (χ1) is 6.68. The van der Waals surface area contributed by atoms with E-state index in [0.29, 0.717) is 5.95 Å². The zero-order valence-electron chi connectivity index (χ0n) is 8.07. The highest BCUT2D eigenvalue weighted by atomic mass is 127. The smallest absolute Gasteiger partial charge is 0.222 e. The van der Waals surface area contributed by atoms with E-state index in [0.717, 1.165) is 23.0 Å². The van der Waals surface area contributed by atoms with E-state index < -0.39 is 0 Å². The van der Waals surface area contributed by atoms with Crippen molar-refractivity contribution < 1.29 is 5.11 Å². The van der Waals surface area contributed by atoms with Gasteiger partial charge in [-0.2, -0.15) is 0 Å². The van der Waals surface area contributed by atoms with Crippen LogP contribution in [0.3, 0.4) is 0 Å². The molecule has 0 aliphatic rings. The summed E-state index contributed by atoms with van der Waals surface area (Å²) in [5.74, 6) is 0.649. The fourth-order valence-electron chi connectivity index (χ4n) is 1.00. The van der Waals surface area contributed by atoms with Crippen LogP contribution in [-0.2, 0) is 0 Å². The summed E-state index contributed by atoms with van der Waals surface area (Å²) in [6.45, 7) is 2.59. The van der Waals surface area contributed by atoms with Crippen LogP contribution in [0, 0.1) is 3.57 Å². The third-order valence-electron chi connectivity index (χ3n) is 1.70. The van der Waals surface area contributed by atoms with Crippen molar-refractivity contribution >= 4 is 28.5 Å². The molecule has 14 heavy (non-hydrogen) atoms. The maximum Gasteiger partial charge on any atom is 0.222 e.